The zero-order valence-corrected chi connectivity index (χ0v) is 31.8. The molecule has 4 heterocycles. The summed E-state index contributed by atoms with van der Waals surface area (Å²) >= 11 is 0. The van der Waals surface area contributed by atoms with Crippen molar-refractivity contribution in [2.45, 2.75) is 96.1 Å². The van der Waals surface area contributed by atoms with Crippen LogP contribution in [0.4, 0.5) is 11.9 Å². The summed E-state index contributed by atoms with van der Waals surface area (Å²) in [6, 6.07) is 0.893. The number of carbonyl (C=O) groups excluding carboxylic acids is 2. The van der Waals surface area contributed by atoms with Gasteiger partial charge in [-0.1, -0.05) is 25.7 Å². The topological polar surface area (TPSA) is 178 Å². The third-order valence-electron chi connectivity index (χ3n) is 9.80. The second-order valence-corrected chi connectivity index (χ2v) is 13.0. The molecule has 49 heavy (non-hydrogen) atoms. The second kappa shape index (κ2) is 15.3. The van der Waals surface area contributed by atoms with Gasteiger partial charge in [0.05, 0.1) is 35.4 Å². The van der Waals surface area contributed by atoms with Gasteiger partial charge in [0.25, 0.3) is 0 Å². The van der Waals surface area contributed by atoms with Gasteiger partial charge in [-0.2, -0.15) is 10.2 Å². The number of nitrogens with one attached hydrogen (secondary N) is 2. The quantitative estimate of drug-likeness (QED) is 0.199. The zero-order chi connectivity index (χ0) is 33.4. The molecule has 4 aromatic rings. The average molecular weight is 693 g/mol. The summed E-state index contributed by atoms with van der Waals surface area (Å²) in [6.45, 7) is 2.15. The number of anilines is 2. The van der Waals surface area contributed by atoms with Gasteiger partial charge in [-0.3, -0.25) is 9.36 Å². The van der Waals surface area contributed by atoms with Crippen LogP contribution in [-0.4, -0.2) is 70.1 Å². The van der Waals surface area contributed by atoms with Crippen molar-refractivity contribution in [3.05, 3.63) is 46.0 Å². The number of esters is 1. The van der Waals surface area contributed by atoms with Gasteiger partial charge in [0.1, 0.15) is 5.69 Å². The maximum Gasteiger partial charge on any atom is 1.00 e. The van der Waals surface area contributed by atoms with E-state index in [0.29, 0.717) is 48.3 Å². The molecule has 0 atom stereocenters. The van der Waals surface area contributed by atoms with Crippen molar-refractivity contribution in [3.63, 3.8) is 0 Å². The van der Waals surface area contributed by atoms with E-state index in [1.165, 1.54) is 38.5 Å². The molecule has 4 aliphatic carbocycles. The Bertz CT molecular complexity index is 1860. The molecule has 0 bridgehead atoms. The summed E-state index contributed by atoms with van der Waals surface area (Å²) < 4.78 is 8.48. The van der Waals surface area contributed by atoms with Crippen LogP contribution in [0.3, 0.4) is 0 Å². The largest absolute Gasteiger partial charge is 1.00 e. The fraction of sp³-hybridized carbons (Fsp3) is 0.529. The van der Waals surface area contributed by atoms with E-state index in [1.807, 2.05) is 19.4 Å². The van der Waals surface area contributed by atoms with E-state index in [9.17, 15) is 14.7 Å². The molecule has 2 saturated carbocycles. The molecular formula is C34H41KN10O4. The summed E-state index contributed by atoms with van der Waals surface area (Å²) in [4.78, 5) is 41.8. The standard InChI is InChI=1S/C18H23N5O2.C16H19N5O2.K/c1-3-25-17(24)15-13-9-8-11-10-19-18(20-12-6-4-5-7-12)21-14(11)16(13)23(2)22-15;1-21-14-11(13(20-21)15(22)23)7-6-9-8-17-16(19-12(9)14)18-10-4-2-3-5-10;/h10,12H,3-9H2,1-2H3,(H,19,20,21);8,10H,2-7H2,1H3,(H,22,23)(H,17,18,19);/q;;+1/p-1. The van der Waals surface area contributed by atoms with Crippen LogP contribution in [0.5, 0.6) is 0 Å². The maximum atomic E-state index is 12.2. The van der Waals surface area contributed by atoms with Crippen molar-refractivity contribution in [2.24, 2.45) is 14.1 Å². The molecule has 0 unspecified atom stereocenters. The number of carboxylic acid groups (broad SMARTS) is 1. The average Bonchev–Trinajstić information content (AvgIpc) is 3.90. The Kier molecular flexibility index (Phi) is 11.1. The zero-order valence-electron chi connectivity index (χ0n) is 28.7. The SMILES string of the molecule is CCOC(=O)c1nn(C)c2c1CCc1cnc(NC3CCCC3)nc1-2.Cn1nc(C(=O)[O-])c2c1-c1nc(NC3CCCC3)ncc1CC2.[K+]. The monoisotopic (exact) mass is 692 g/mol. The fourth-order valence-electron chi connectivity index (χ4n) is 7.48. The van der Waals surface area contributed by atoms with Crippen LogP contribution >= 0.6 is 0 Å². The van der Waals surface area contributed by atoms with E-state index in [-0.39, 0.29) is 63.0 Å². The number of aromatic nitrogens is 8. The molecule has 0 spiro atoms. The molecule has 8 rings (SSSR count). The summed E-state index contributed by atoms with van der Waals surface area (Å²) in [7, 11) is 3.59. The molecule has 15 heteroatoms. The van der Waals surface area contributed by atoms with Gasteiger partial charge in [-0.05, 0) is 69.4 Å². The molecular weight excluding hydrogens is 652 g/mol. The van der Waals surface area contributed by atoms with Crippen LogP contribution in [-0.2, 0) is 44.5 Å². The van der Waals surface area contributed by atoms with Gasteiger partial charge < -0.3 is 25.3 Å². The first-order valence-corrected chi connectivity index (χ1v) is 17.1. The molecule has 2 fully saturated rings. The van der Waals surface area contributed by atoms with Crippen molar-refractivity contribution in [2.75, 3.05) is 17.2 Å². The number of rotatable bonds is 7. The van der Waals surface area contributed by atoms with Crippen molar-refractivity contribution in [1.29, 1.82) is 0 Å². The summed E-state index contributed by atoms with van der Waals surface area (Å²) in [5, 5.41) is 26.6. The predicted molar refractivity (Wildman–Crippen MR) is 175 cm³/mol. The Balaban J connectivity index is 0.000000167. The van der Waals surface area contributed by atoms with Crippen LogP contribution < -0.4 is 67.1 Å². The van der Waals surface area contributed by atoms with E-state index in [2.05, 4.69) is 35.8 Å². The van der Waals surface area contributed by atoms with Crippen LogP contribution in [0.1, 0.15) is 102 Å². The second-order valence-electron chi connectivity index (χ2n) is 13.0. The van der Waals surface area contributed by atoms with Crippen molar-refractivity contribution < 1.29 is 70.8 Å². The Morgan fingerprint density at radius 2 is 1.22 bits per heavy atom. The fourth-order valence-corrected chi connectivity index (χ4v) is 7.48. The van der Waals surface area contributed by atoms with E-state index < -0.39 is 5.97 Å². The molecule has 0 saturated heterocycles. The van der Waals surface area contributed by atoms with Gasteiger partial charge in [0.15, 0.2) is 5.69 Å². The number of aryl methyl sites for hydroxylation is 4. The van der Waals surface area contributed by atoms with Crippen LogP contribution in [0.25, 0.3) is 22.8 Å². The van der Waals surface area contributed by atoms with Crippen LogP contribution in [0.15, 0.2) is 12.4 Å². The number of hydrogen-bond acceptors (Lipinski definition) is 12. The first-order chi connectivity index (χ1) is 23.3. The third kappa shape index (κ3) is 7.32. The third-order valence-corrected chi connectivity index (χ3v) is 9.80. The smallest absolute Gasteiger partial charge is 0.543 e. The van der Waals surface area contributed by atoms with Gasteiger partial charge in [-0.15, -0.1) is 0 Å². The molecule has 4 aliphatic rings. The maximum absolute atomic E-state index is 12.2. The summed E-state index contributed by atoms with van der Waals surface area (Å²) in [6.07, 6.45) is 16.3. The van der Waals surface area contributed by atoms with E-state index >= 15 is 0 Å². The number of ether oxygens (including phenoxy) is 1. The minimum Gasteiger partial charge on any atom is -0.543 e. The number of hydrogen-bond donors (Lipinski definition) is 2. The van der Waals surface area contributed by atoms with Crippen molar-refractivity contribution in [1.82, 2.24) is 39.5 Å². The van der Waals surface area contributed by atoms with Gasteiger partial charge in [0, 0.05) is 49.7 Å². The number of fused-ring (bicyclic) bond motifs is 6. The first-order valence-electron chi connectivity index (χ1n) is 17.1. The number of carboxylic acids is 1. The Hall–Kier alpha value is -3.24. The molecule has 2 N–H and O–H groups in total. The van der Waals surface area contributed by atoms with Gasteiger partial charge in [-0.25, -0.2) is 24.7 Å². The van der Waals surface area contributed by atoms with E-state index in [4.69, 9.17) is 9.72 Å². The predicted octanol–water partition coefficient (Wildman–Crippen LogP) is 0.205. The van der Waals surface area contributed by atoms with E-state index in [1.54, 1.807) is 23.3 Å². The molecule has 252 valence electrons. The summed E-state index contributed by atoms with van der Waals surface area (Å²) in [5.74, 6) is -0.318. The Morgan fingerprint density at radius 3 is 1.67 bits per heavy atom. The summed E-state index contributed by atoms with van der Waals surface area (Å²) in [5.41, 5.74) is 7.54. The van der Waals surface area contributed by atoms with Crippen molar-refractivity contribution in [3.8, 4) is 22.8 Å². The molecule has 0 aromatic carbocycles. The normalized spacial score (nSPS) is 16.3. The Labute approximate surface area is 327 Å². The molecule has 0 aliphatic heterocycles. The number of nitrogens with zero attached hydrogens (tertiary/aromatic N) is 8. The van der Waals surface area contributed by atoms with Gasteiger partial charge in [0.2, 0.25) is 11.9 Å². The molecule has 0 amide bonds. The van der Waals surface area contributed by atoms with Gasteiger partial charge >= 0.3 is 57.4 Å². The van der Waals surface area contributed by atoms with Crippen LogP contribution in [0, 0.1) is 0 Å². The minimum absolute atomic E-state index is 0. The van der Waals surface area contributed by atoms with Crippen LogP contribution in [0.2, 0.25) is 0 Å². The Morgan fingerprint density at radius 1 is 0.776 bits per heavy atom. The van der Waals surface area contributed by atoms with Crippen molar-refractivity contribution >= 4 is 23.8 Å². The molecule has 0 radical (unpaired) electrons. The van der Waals surface area contributed by atoms with E-state index in [0.717, 1.165) is 71.6 Å². The first kappa shape index (κ1) is 35.6. The minimum atomic E-state index is -1.23. The molecule has 4 aromatic heterocycles. The number of carbonyl (C=O) groups is 2. The molecule has 14 nitrogen and oxygen atoms in total. The number of aromatic carboxylic acids is 1.